The maximum Gasteiger partial charge on any atom is 0.407 e. The Labute approximate surface area is 193 Å². The fourth-order valence-corrected chi connectivity index (χ4v) is 5.29. The molecule has 2 fully saturated rings. The highest BCUT2D eigenvalue weighted by Crippen LogP contribution is 2.50. The third-order valence-corrected chi connectivity index (χ3v) is 7.11. The Hall–Kier alpha value is -3.42. The van der Waals surface area contributed by atoms with Gasteiger partial charge in [0.05, 0.1) is 12.3 Å². The van der Waals surface area contributed by atoms with Gasteiger partial charge in [-0.15, -0.1) is 5.10 Å². The van der Waals surface area contributed by atoms with Crippen LogP contribution in [0.5, 0.6) is 5.75 Å². The standard InChI is InChI=1S/C25H29N5O3/c31-25(32)29-12-10-19(15-22(29)14-18-4-2-1-3-5-18)24-16-20(24)11-13-33-23-8-6-21(7-9-23)30-17-26-27-28-30/h1-9,17,19-20,22,24H,10-16H2,(H,31,32)/t19?,20-,22?,24-/m1/s1. The second kappa shape index (κ2) is 9.60. The number of carbonyl (C=O) groups is 1. The summed E-state index contributed by atoms with van der Waals surface area (Å²) in [7, 11) is 0. The molecular formula is C25H29N5O3. The first-order valence-corrected chi connectivity index (χ1v) is 11.7. The molecule has 3 aromatic rings. The molecule has 1 amide bonds. The molecule has 4 atom stereocenters. The maximum atomic E-state index is 11.8. The quantitative estimate of drug-likeness (QED) is 0.560. The van der Waals surface area contributed by atoms with Gasteiger partial charge >= 0.3 is 6.09 Å². The molecule has 0 bridgehead atoms. The van der Waals surface area contributed by atoms with E-state index in [0.29, 0.717) is 30.9 Å². The van der Waals surface area contributed by atoms with Gasteiger partial charge in [0.25, 0.3) is 0 Å². The average molecular weight is 448 g/mol. The number of hydrogen-bond donors (Lipinski definition) is 1. The van der Waals surface area contributed by atoms with Crippen LogP contribution in [0.2, 0.25) is 0 Å². The number of benzene rings is 2. The third kappa shape index (κ3) is 5.16. The zero-order chi connectivity index (χ0) is 22.6. The highest BCUT2D eigenvalue weighted by atomic mass is 16.5. The normalized spacial score (nSPS) is 24.4. The van der Waals surface area contributed by atoms with E-state index < -0.39 is 6.09 Å². The summed E-state index contributed by atoms with van der Waals surface area (Å²) in [6, 6.07) is 18.1. The molecule has 1 saturated carbocycles. The van der Waals surface area contributed by atoms with Crippen molar-refractivity contribution in [2.75, 3.05) is 13.2 Å². The summed E-state index contributed by atoms with van der Waals surface area (Å²) in [5.74, 6) is 2.84. The summed E-state index contributed by atoms with van der Waals surface area (Å²) in [5.41, 5.74) is 2.11. The Balaban J connectivity index is 1.10. The van der Waals surface area contributed by atoms with E-state index in [2.05, 4.69) is 27.7 Å². The van der Waals surface area contributed by atoms with Crippen LogP contribution < -0.4 is 4.74 Å². The van der Waals surface area contributed by atoms with Crippen molar-refractivity contribution in [3.05, 3.63) is 66.5 Å². The van der Waals surface area contributed by atoms with E-state index in [-0.39, 0.29) is 6.04 Å². The molecule has 8 heteroatoms. The summed E-state index contributed by atoms with van der Waals surface area (Å²) in [4.78, 5) is 13.4. The molecule has 2 aromatic carbocycles. The van der Waals surface area contributed by atoms with E-state index in [1.807, 2.05) is 42.5 Å². The largest absolute Gasteiger partial charge is 0.494 e. The van der Waals surface area contributed by atoms with Gasteiger partial charge in [0, 0.05) is 12.6 Å². The Kier molecular flexibility index (Phi) is 6.24. The summed E-state index contributed by atoms with van der Waals surface area (Å²) in [6.45, 7) is 1.34. The van der Waals surface area contributed by atoms with Crippen molar-refractivity contribution < 1.29 is 14.6 Å². The second-order valence-corrected chi connectivity index (χ2v) is 9.15. The molecule has 172 valence electrons. The van der Waals surface area contributed by atoms with Crippen molar-refractivity contribution >= 4 is 6.09 Å². The van der Waals surface area contributed by atoms with Crippen molar-refractivity contribution in [2.45, 2.75) is 38.1 Å². The van der Waals surface area contributed by atoms with Crippen LogP contribution in [0, 0.1) is 17.8 Å². The minimum atomic E-state index is -0.791. The van der Waals surface area contributed by atoms with Crippen LogP contribution in [-0.4, -0.2) is 55.5 Å². The zero-order valence-electron chi connectivity index (χ0n) is 18.5. The lowest BCUT2D eigenvalue weighted by molar-refractivity contribution is 0.0834. The number of rotatable bonds is 8. The first kappa shape index (κ1) is 21.4. The monoisotopic (exact) mass is 447 g/mol. The summed E-state index contributed by atoms with van der Waals surface area (Å²) < 4.78 is 7.58. The van der Waals surface area contributed by atoms with E-state index >= 15 is 0 Å². The number of nitrogens with zero attached hydrogens (tertiary/aromatic N) is 5. The molecule has 33 heavy (non-hydrogen) atoms. The molecule has 2 aliphatic rings. The van der Waals surface area contributed by atoms with E-state index in [9.17, 15) is 9.90 Å². The Morgan fingerprint density at radius 3 is 2.64 bits per heavy atom. The Morgan fingerprint density at radius 1 is 1.09 bits per heavy atom. The van der Waals surface area contributed by atoms with Crippen molar-refractivity contribution in [1.82, 2.24) is 25.1 Å². The molecule has 1 N–H and O–H groups in total. The van der Waals surface area contributed by atoms with Crippen LogP contribution >= 0.6 is 0 Å². The second-order valence-electron chi connectivity index (χ2n) is 9.15. The lowest BCUT2D eigenvalue weighted by atomic mass is 9.84. The lowest BCUT2D eigenvalue weighted by Gasteiger charge is -2.38. The minimum Gasteiger partial charge on any atom is -0.494 e. The molecule has 5 rings (SSSR count). The van der Waals surface area contributed by atoms with Crippen molar-refractivity contribution in [1.29, 1.82) is 0 Å². The van der Waals surface area contributed by atoms with E-state index in [4.69, 9.17) is 4.74 Å². The SMILES string of the molecule is O=C(O)N1CCC([C@H]2C[C@H]2CCOc2ccc(-n3cnnn3)cc2)CC1Cc1ccccc1. The van der Waals surface area contributed by atoms with Crippen LogP contribution in [0.3, 0.4) is 0 Å². The average Bonchev–Trinajstić information content (AvgIpc) is 3.39. The van der Waals surface area contributed by atoms with E-state index in [1.165, 1.54) is 12.0 Å². The molecule has 2 heterocycles. The van der Waals surface area contributed by atoms with Gasteiger partial charge in [-0.2, -0.15) is 0 Å². The number of tetrazole rings is 1. The number of amides is 1. The number of piperidine rings is 1. The number of hydrogen-bond acceptors (Lipinski definition) is 5. The van der Waals surface area contributed by atoms with E-state index in [1.54, 1.807) is 15.9 Å². The first-order chi connectivity index (χ1) is 16.2. The van der Waals surface area contributed by atoms with Gasteiger partial charge in [-0.3, -0.25) is 0 Å². The van der Waals surface area contributed by atoms with Crippen molar-refractivity contribution in [2.24, 2.45) is 17.8 Å². The Bertz CT molecular complexity index is 1040. The lowest BCUT2D eigenvalue weighted by Crippen LogP contribution is -2.47. The highest BCUT2D eigenvalue weighted by molar-refractivity contribution is 5.65. The minimum absolute atomic E-state index is 0.0693. The van der Waals surface area contributed by atoms with Gasteiger partial charge in [0.1, 0.15) is 12.1 Å². The topological polar surface area (TPSA) is 93.4 Å². The predicted molar refractivity (Wildman–Crippen MR) is 122 cm³/mol. The van der Waals surface area contributed by atoms with Gasteiger partial charge in [0.15, 0.2) is 0 Å². The molecule has 0 radical (unpaired) electrons. The van der Waals surface area contributed by atoms with Crippen LogP contribution in [0.25, 0.3) is 5.69 Å². The summed E-state index contributed by atoms with van der Waals surface area (Å²) in [6.07, 6.45) is 5.78. The number of aromatic nitrogens is 4. The van der Waals surface area contributed by atoms with Gasteiger partial charge in [-0.25, -0.2) is 9.48 Å². The molecule has 1 saturated heterocycles. The molecule has 0 spiro atoms. The first-order valence-electron chi connectivity index (χ1n) is 11.7. The van der Waals surface area contributed by atoms with Crippen molar-refractivity contribution in [3.8, 4) is 11.4 Å². The zero-order valence-corrected chi connectivity index (χ0v) is 18.5. The number of likely N-dealkylation sites (tertiary alicyclic amines) is 1. The summed E-state index contributed by atoms with van der Waals surface area (Å²) >= 11 is 0. The van der Waals surface area contributed by atoms with Gasteiger partial charge in [-0.05, 0) is 90.1 Å². The smallest absolute Gasteiger partial charge is 0.407 e. The number of ether oxygens (including phenoxy) is 1. The Morgan fingerprint density at radius 2 is 1.91 bits per heavy atom. The third-order valence-electron chi connectivity index (χ3n) is 7.11. The summed E-state index contributed by atoms with van der Waals surface area (Å²) in [5, 5.41) is 20.9. The number of carboxylic acid groups (broad SMARTS) is 1. The van der Waals surface area contributed by atoms with Crippen LogP contribution in [-0.2, 0) is 6.42 Å². The van der Waals surface area contributed by atoms with E-state index in [0.717, 1.165) is 37.1 Å². The highest BCUT2D eigenvalue weighted by Gasteiger charge is 2.45. The molecule has 1 aliphatic carbocycles. The van der Waals surface area contributed by atoms with Gasteiger partial charge < -0.3 is 14.7 Å². The van der Waals surface area contributed by atoms with Crippen LogP contribution in [0.4, 0.5) is 4.79 Å². The molecule has 8 nitrogen and oxygen atoms in total. The van der Waals surface area contributed by atoms with Crippen molar-refractivity contribution in [3.63, 3.8) is 0 Å². The molecular weight excluding hydrogens is 418 g/mol. The maximum absolute atomic E-state index is 11.8. The molecule has 2 unspecified atom stereocenters. The molecule has 1 aliphatic heterocycles. The van der Waals surface area contributed by atoms with Gasteiger partial charge in [-0.1, -0.05) is 30.3 Å². The fraction of sp³-hybridized carbons (Fsp3) is 0.440. The van der Waals surface area contributed by atoms with Crippen LogP contribution in [0.1, 0.15) is 31.2 Å². The molecule has 1 aromatic heterocycles. The van der Waals surface area contributed by atoms with Crippen LogP contribution in [0.15, 0.2) is 60.9 Å². The fourth-order valence-electron chi connectivity index (χ4n) is 5.29. The van der Waals surface area contributed by atoms with Gasteiger partial charge in [0.2, 0.25) is 0 Å². The predicted octanol–water partition coefficient (Wildman–Crippen LogP) is 4.07.